The summed E-state index contributed by atoms with van der Waals surface area (Å²) in [6.45, 7) is 2.05. The van der Waals surface area contributed by atoms with Gasteiger partial charge in [0.2, 0.25) is 0 Å². The molecule has 0 saturated heterocycles. The number of benzene rings is 2. The van der Waals surface area contributed by atoms with Gasteiger partial charge in [-0.25, -0.2) is 14.5 Å². The van der Waals surface area contributed by atoms with Crippen LogP contribution in [0.3, 0.4) is 0 Å². The molecule has 5 nitrogen and oxygen atoms in total. The van der Waals surface area contributed by atoms with Crippen LogP contribution in [0.1, 0.15) is 17.0 Å². The van der Waals surface area contributed by atoms with Crippen LogP contribution in [0.2, 0.25) is 0 Å². The summed E-state index contributed by atoms with van der Waals surface area (Å²) in [7, 11) is 0. The first kappa shape index (κ1) is 12.8. The van der Waals surface area contributed by atoms with Crippen LogP contribution in [-0.4, -0.2) is 20.5 Å². The lowest BCUT2D eigenvalue weighted by atomic mass is 10.1. The molecule has 0 aliphatic carbocycles. The number of fused-ring (bicyclic) bond motifs is 3. The van der Waals surface area contributed by atoms with Crippen LogP contribution in [0.15, 0.2) is 58.3 Å². The van der Waals surface area contributed by atoms with Gasteiger partial charge in [0.1, 0.15) is 5.82 Å². The predicted molar refractivity (Wildman–Crippen MR) is 85.3 cm³/mol. The number of nitrogens with one attached hydrogen (secondary N) is 1. The van der Waals surface area contributed by atoms with E-state index in [1.807, 2.05) is 24.3 Å². The molecule has 1 N–H and O–H groups in total. The van der Waals surface area contributed by atoms with Crippen LogP contribution in [0.25, 0.3) is 5.69 Å². The minimum atomic E-state index is -0.234. The summed E-state index contributed by atoms with van der Waals surface area (Å²) in [6, 6.07) is 15.8. The van der Waals surface area contributed by atoms with Gasteiger partial charge in [-0.3, -0.25) is 4.99 Å². The molecule has 1 aromatic heterocycles. The normalized spacial score (nSPS) is 13.0. The van der Waals surface area contributed by atoms with Gasteiger partial charge >= 0.3 is 5.69 Å². The average Bonchev–Trinajstić information content (AvgIpc) is 2.80. The fourth-order valence-electron chi connectivity index (χ4n) is 2.69. The van der Waals surface area contributed by atoms with Crippen molar-refractivity contribution < 1.29 is 0 Å². The number of rotatable bonds is 1. The molecule has 5 heteroatoms. The molecule has 22 heavy (non-hydrogen) atoms. The fraction of sp³-hybridized carbons (Fsp3) is 0.118. The number of nitrogens with zero attached hydrogens (tertiary/aromatic N) is 3. The summed E-state index contributed by atoms with van der Waals surface area (Å²) in [5.41, 5.74) is 4.46. The number of aryl methyl sites for hydroxylation is 1. The Morgan fingerprint density at radius 3 is 2.68 bits per heavy atom. The molecule has 3 aromatic rings. The Morgan fingerprint density at radius 1 is 1.09 bits per heavy atom. The topological polar surface area (TPSA) is 63.0 Å². The first-order chi connectivity index (χ1) is 10.7. The minimum Gasteiger partial charge on any atom is -0.250 e. The van der Waals surface area contributed by atoms with Crippen molar-refractivity contribution in [2.45, 2.75) is 13.3 Å². The number of hydrogen-bond acceptors (Lipinski definition) is 3. The third kappa shape index (κ3) is 1.98. The van der Waals surface area contributed by atoms with Gasteiger partial charge in [-0.05, 0) is 24.6 Å². The van der Waals surface area contributed by atoms with E-state index in [0.29, 0.717) is 12.2 Å². The van der Waals surface area contributed by atoms with Gasteiger partial charge < -0.3 is 0 Å². The lowest BCUT2D eigenvalue weighted by molar-refractivity contribution is 0.929. The number of aromatic nitrogens is 3. The van der Waals surface area contributed by atoms with E-state index in [2.05, 4.69) is 41.4 Å². The van der Waals surface area contributed by atoms with E-state index in [4.69, 9.17) is 4.99 Å². The highest BCUT2D eigenvalue weighted by atomic mass is 16.1. The molecule has 0 fully saturated rings. The van der Waals surface area contributed by atoms with E-state index >= 15 is 0 Å². The van der Waals surface area contributed by atoms with Crippen LogP contribution >= 0.6 is 0 Å². The summed E-state index contributed by atoms with van der Waals surface area (Å²) in [5.74, 6) is 0.675. The highest BCUT2D eigenvalue weighted by Gasteiger charge is 2.20. The van der Waals surface area contributed by atoms with Gasteiger partial charge in [-0.15, -0.1) is 0 Å². The van der Waals surface area contributed by atoms with Gasteiger partial charge in [0.15, 0.2) is 0 Å². The largest absolute Gasteiger partial charge is 0.348 e. The molecule has 0 bridgehead atoms. The van der Waals surface area contributed by atoms with Gasteiger partial charge in [0.25, 0.3) is 0 Å². The summed E-state index contributed by atoms with van der Waals surface area (Å²) in [5, 5.41) is 6.68. The average molecular weight is 290 g/mol. The number of aliphatic imine (C=N–C) groups is 1. The smallest absolute Gasteiger partial charge is 0.250 e. The number of H-pyrrole nitrogens is 1. The van der Waals surface area contributed by atoms with Crippen LogP contribution in [-0.2, 0) is 6.42 Å². The van der Waals surface area contributed by atoms with E-state index < -0.39 is 0 Å². The van der Waals surface area contributed by atoms with Crippen molar-refractivity contribution in [1.29, 1.82) is 0 Å². The van der Waals surface area contributed by atoms with Gasteiger partial charge in [-0.1, -0.05) is 42.0 Å². The first-order valence-corrected chi connectivity index (χ1v) is 7.13. The molecule has 0 spiro atoms. The lowest BCUT2D eigenvalue weighted by Crippen LogP contribution is -2.17. The van der Waals surface area contributed by atoms with Crippen molar-refractivity contribution in [3.05, 3.63) is 76.0 Å². The van der Waals surface area contributed by atoms with Crippen LogP contribution in [0.4, 0.5) is 5.69 Å². The van der Waals surface area contributed by atoms with E-state index in [-0.39, 0.29) is 5.69 Å². The van der Waals surface area contributed by atoms with Gasteiger partial charge in [0.05, 0.1) is 23.5 Å². The Hall–Kier alpha value is -2.95. The maximum atomic E-state index is 12.1. The molecular formula is C17H14N4O. The van der Waals surface area contributed by atoms with Crippen molar-refractivity contribution >= 4 is 11.4 Å². The molecule has 0 saturated carbocycles. The molecule has 0 radical (unpaired) electrons. The molecule has 0 unspecified atom stereocenters. The second-order valence-corrected chi connectivity index (χ2v) is 5.37. The third-order valence-corrected chi connectivity index (χ3v) is 3.83. The standard InChI is InChI=1S/C17H14N4O/c1-11-6-8-12(9-7-11)14-10-16-19-20-17(22)21(16)15-5-3-2-4-13(15)18-14/h2-9H,10H2,1H3,(H,20,22). The molecule has 4 rings (SSSR count). The molecule has 1 aliphatic rings. The molecular weight excluding hydrogens is 276 g/mol. The highest BCUT2D eigenvalue weighted by Crippen LogP contribution is 2.27. The number of hydrogen-bond donors (Lipinski definition) is 1. The Labute approximate surface area is 127 Å². The van der Waals surface area contributed by atoms with Gasteiger partial charge in [-0.2, -0.15) is 5.10 Å². The molecule has 0 atom stereocenters. The zero-order valence-corrected chi connectivity index (χ0v) is 12.1. The zero-order chi connectivity index (χ0) is 15.1. The zero-order valence-electron chi connectivity index (χ0n) is 12.1. The lowest BCUT2D eigenvalue weighted by Gasteiger charge is -2.04. The SMILES string of the molecule is Cc1ccc(C2=Nc3ccccc3-n3c(n[nH]c3=O)C2)cc1. The van der Waals surface area contributed by atoms with Crippen LogP contribution in [0.5, 0.6) is 0 Å². The molecule has 0 amide bonds. The number of aromatic amines is 1. The van der Waals surface area contributed by atoms with E-state index in [1.54, 1.807) is 4.57 Å². The van der Waals surface area contributed by atoms with Crippen molar-refractivity contribution in [1.82, 2.24) is 14.8 Å². The monoisotopic (exact) mass is 290 g/mol. The first-order valence-electron chi connectivity index (χ1n) is 7.13. The summed E-state index contributed by atoms with van der Waals surface area (Å²) < 4.78 is 1.60. The summed E-state index contributed by atoms with van der Waals surface area (Å²) in [4.78, 5) is 16.8. The van der Waals surface area contributed by atoms with Crippen LogP contribution in [0, 0.1) is 6.92 Å². The molecule has 108 valence electrons. The Bertz CT molecular complexity index is 932. The molecule has 2 heterocycles. The minimum absolute atomic E-state index is 0.234. The summed E-state index contributed by atoms with van der Waals surface area (Å²) >= 11 is 0. The van der Waals surface area contributed by atoms with E-state index in [9.17, 15) is 4.79 Å². The van der Waals surface area contributed by atoms with Gasteiger partial charge in [0, 0.05) is 0 Å². The van der Waals surface area contributed by atoms with Crippen LogP contribution < -0.4 is 5.69 Å². The second-order valence-electron chi connectivity index (χ2n) is 5.37. The van der Waals surface area contributed by atoms with E-state index in [1.165, 1.54) is 5.56 Å². The van der Waals surface area contributed by atoms with Crippen molar-refractivity contribution in [3.63, 3.8) is 0 Å². The quantitative estimate of drug-likeness (QED) is 0.748. The maximum absolute atomic E-state index is 12.1. The Kier molecular flexibility index (Phi) is 2.79. The fourth-order valence-corrected chi connectivity index (χ4v) is 2.69. The second kappa shape index (κ2) is 4.80. The maximum Gasteiger partial charge on any atom is 0.348 e. The highest BCUT2D eigenvalue weighted by molar-refractivity contribution is 6.04. The van der Waals surface area contributed by atoms with Crippen molar-refractivity contribution in [2.75, 3.05) is 0 Å². The Balaban J connectivity index is 1.95. The van der Waals surface area contributed by atoms with Crippen molar-refractivity contribution in [2.24, 2.45) is 4.99 Å². The third-order valence-electron chi connectivity index (χ3n) is 3.83. The predicted octanol–water partition coefficient (Wildman–Crippen LogP) is 2.55. The molecule has 2 aromatic carbocycles. The van der Waals surface area contributed by atoms with E-state index in [0.717, 1.165) is 22.6 Å². The Morgan fingerprint density at radius 2 is 1.86 bits per heavy atom. The summed E-state index contributed by atoms with van der Waals surface area (Å²) in [6.07, 6.45) is 0.510. The number of para-hydroxylation sites is 2. The van der Waals surface area contributed by atoms with Crippen molar-refractivity contribution in [3.8, 4) is 5.69 Å². The molecule has 1 aliphatic heterocycles.